The second-order valence-corrected chi connectivity index (χ2v) is 5.97. The molecule has 0 aliphatic heterocycles. The lowest BCUT2D eigenvalue weighted by atomic mass is 10.1. The van der Waals surface area contributed by atoms with E-state index in [-0.39, 0.29) is 6.61 Å². The molecule has 2 aromatic rings. The Bertz CT molecular complexity index is 733. The first kappa shape index (κ1) is 18.8. The predicted molar refractivity (Wildman–Crippen MR) is 95.8 cm³/mol. The first-order valence-corrected chi connectivity index (χ1v) is 8.17. The van der Waals surface area contributed by atoms with Crippen LogP contribution in [-0.2, 0) is 20.7 Å². The van der Waals surface area contributed by atoms with Crippen LogP contribution in [0.5, 0.6) is 5.75 Å². The summed E-state index contributed by atoms with van der Waals surface area (Å²) in [5.41, 5.74) is 1.75. The molecule has 0 heterocycles. The highest BCUT2D eigenvalue weighted by atomic mass is 35.5. The maximum absolute atomic E-state index is 12.1. The smallest absolute Gasteiger partial charge is 0.328 e. The molecule has 0 aliphatic carbocycles. The van der Waals surface area contributed by atoms with Crippen LogP contribution in [0.3, 0.4) is 0 Å². The van der Waals surface area contributed by atoms with Gasteiger partial charge in [0, 0.05) is 11.4 Å². The van der Waals surface area contributed by atoms with Crippen LogP contribution < -0.4 is 10.1 Å². The molecule has 5 nitrogen and oxygen atoms in total. The molecule has 0 spiro atoms. The molecule has 1 N–H and O–H groups in total. The van der Waals surface area contributed by atoms with Crippen molar-refractivity contribution in [2.45, 2.75) is 19.4 Å². The van der Waals surface area contributed by atoms with Gasteiger partial charge in [-0.05, 0) is 36.2 Å². The van der Waals surface area contributed by atoms with E-state index in [1.54, 1.807) is 18.2 Å². The van der Waals surface area contributed by atoms with Crippen molar-refractivity contribution in [3.05, 3.63) is 64.7 Å². The van der Waals surface area contributed by atoms with E-state index in [4.69, 9.17) is 21.1 Å². The second-order valence-electron chi connectivity index (χ2n) is 5.53. The molecule has 0 aromatic heterocycles. The van der Waals surface area contributed by atoms with E-state index < -0.39 is 17.9 Å². The van der Waals surface area contributed by atoms with E-state index in [0.717, 1.165) is 11.1 Å². The van der Waals surface area contributed by atoms with E-state index >= 15 is 0 Å². The molecule has 0 saturated heterocycles. The first-order chi connectivity index (χ1) is 12.0. The number of ether oxygens (including phenoxy) is 2. The summed E-state index contributed by atoms with van der Waals surface area (Å²) in [7, 11) is 1.29. The number of carbonyl (C=O) groups is 2. The Balaban J connectivity index is 1.95. The number of hydrogen-bond donors (Lipinski definition) is 1. The van der Waals surface area contributed by atoms with Crippen LogP contribution in [-0.4, -0.2) is 31.6 Å². The van der Waals surface area contributed by atoms with Gasteiger partial charge < -0.3 is 14.8 Å². The van der Waals surface area contributed by atoms with Gasteiger partial charge in [-0.2, -0.15) is 0 Å². The third-order valence-corrected chi connectivity index (χ3v) is 3.83. The van der Waals surface area contributed by atoms with Gasteiger partial charge in [-0.25, -0.2) is 4.79 Å². The highest BCUT2D eigenvalue weighted by molar-refractivity contribution is 6.30. The van der Waals surface area contributed by atoms with Gasteiger partial charge in [0.05, 0.1) is 7.11 Å². The lowest BCUT2D eigenvalue weighted by Crippen LogP contribution is -2.44. The number of halogens is 1. The summed E-state index contributed by atoms with van der Waals surface area (Å²) in [6.07, 6.45) is 0.346. The number of benzene rings is 2. The zero-order valence-corrected chi connectivity index (χ0v) is 14.9. The number of carbonyl (C=O) groups excluding carboxylic acids is 2. The van der Waals surface area contributed by atoms with Crippen LogP contribution in [0.15, 0.2) is 48.5 Å². The van der Waals surface area contributed by atoms with Crippen molar-refractivity contribution in [1.82, 2.24) is 5.32 Å². The van der Waals surface area contributed by atoms with Crippen LogP contribution in [0.25, 0.3) is 0 Å². The van der Waals surface area contributed by atoms with Crippen LogP contribution in [0.1, 0.15) is 11.1 Å². The fourth-order valence-electron chi connectivity index (χ4n) is 2.34. The Kier molecular flexibility index (Phi) is 6.83. The molecule has 0 saturated carbocycles. The van der Waals surface area contributed by atoms with Gasteiger partial charge in [-0.15, -0.1) is 0 Å². The standard InChI is InChI=1S/C19H20ClNO4/c1-13-10-15(20)8-9-17(13)25-12-18(22)21-16(19(23)24-2)11-14-6-4-3-5-7-14/h3-10,16H,11-12H2,1-2H3,(H,21,22)/t16-/m0/s1. The normalized spacial score (nSPS) is 11.5. The summed E-state index contributed by atoms with van der Waals surface area (Å²) in [6.45, 7) is 1.64. The molecule has 25 heavy (non-hydrogen) atoms. The Morgan fingerprint density at radius 2 is 1.88 bits per heavy atom. The minimum atomic E-state index is -0.769. The summed E-state index contributed by atoms with van der Waals surface area (Å²) in [5, 5.41) is 3.25. The van der Waals surface area contributed by atoms with Crippen LogP contribution in [0.4, 0.5) is 0 Å². The molecule has 0 fully saturated rings. The van der Waals surface area contributed by atoms with Gasteiger partial charge >= 0.3 is 5.97 Å². The quantitative estimate of drug-likeness (QED) is 0.770. The number of esters is 1. The molecule has 0 bridgehead atoms. The van der Waals surface area contributed by atoms with Crippen molar-refractivity contribution in [2.75, 3.05) is 13.7 Å². The molecule has 132 valence electrons. The molecule has 1 amide bonds. The van der Waals surface area contributed by atoms with Crippen LogP contribution >= 0.6 is 11.6 Å². The van der Waals surface area contributed by atoms with Crippen molar-refractivity contribution in [3.63, 3.8) is 0 Å². The largest absolute Gasteiger partial charge is 0.484 e. The van der Waals surface area contributed by atoms with Crippen molar-refractivity contribution in [1.29, 1.82) is 0 Å². The first-order valence-electron chi connectivity index (χ1n) is 7.79. The average molecular weight is 362 g/mol. The summed E-state index contributed by atoms with van der Waals surface area (Å²) < 4.78 is 10.3. The predicted octanol–water partition coefficient (Wildman–Crippen LogP) is 2.93. The molecular weight excluding hydrogens is 342 g/mol. The fraction of sp³-hybridized carbons (Fsp3) is 0.263. The fourth-order valence-corrected chi connectivity index (χ4v) is 2.57. The lowest BCUT2D eigenvalue weighted by Gasteiger charge is -2.17. The zero-order chi connectivity index (χ0) is 18.2. The topological polar surface area (TPSA) is 64.6 Å². The highest BCUT2D eigenvalue weighted by Crippen LogP contribution is 2.21. The zero-order valence-electron chi connectivity index (χ0n) is 14.1. The van der Waals surface area contributed by atoms with Gasteiger partial charge in [0.15, 0.2) is 6.61 Å². The summed E-state index contributed by atoms with van der Waals surface area (Å²) in [4.78, 5) is 24.1. The van der Waals surface area contributed by atoms with E-state index in [9.17, 15) is 9.59 Å². The average Bonchev–Trinajstić information content (AvgIpc) is 2.60. The monoisotopic (exact) mass is 361 g/mol. The van der Waals surface area contributed by atoms with Gasteiger partial charge in [0.2, 0.25) is 0 Å². The maximum Gasteiger partial charge on any atom is 0.328 e. The third-order valence-electron chi connectivity index (χ3n) is 3.60. The van der Waals surface area contributed by atoms with Crippen LogP contribution in [0.2, 0.25) is 5.02 Å². The van der Waals surface area contributed by atoms with Gasteiger partial charge in [-0.3, -0.25) is 4.79 Å². The summed E-state index contributed by atoms with van der Waals surface area (Å²) >= 11 is 5.89. The number of rotatable bonds is 7. The van der Waals surface area contributed by atoms with Gasteiger partial charge in [-0.1, -0.05) is 41.9 Å². The molecule has 0 radical (unpaired) electrons. The Morgan fingerprint density at radius 1 is 1.16 bits per heavy atom. The Labute approximate surface area is 151 Å². The molecule has 0 unspecified atom stereocenters. The summed E-state index contributed by atoms with van der Waals surface area (Å²) in [5.74, 6) is -0.335. The van der Waals surface area contributed by atoms with E-state index in [2.05, 4.69) is 5.32 Å². The Morgan fingerprint density at radius 3 is 2.52 bits per heavy atom. The van der Waals surface area contributed by atoms with Crippen LogP contribution in [0, 0.1) is 6.92 Å². The molecule has 0 aliphatic rings. The van der Waals surface area contributed by atoms with E-state index in [1.807, 2.05) is 37.3 Å². The highest BCUT2D eigenvalue weighted by Gasteiger charge is 2.22. The van der Waals surface area contributed by atoms with Crippen molar-refractivity contribution < 1.29 is 19.1 Å². The molecular formula is C19H20ClNO4. The molecule has 2 aromatic carbocycles. The number of aryl methyl sites for hydroxylation is 1. The molecule has 1 atom stereocenters. The third kappa shape index (κ3) is 5.80. The van der Waals surface area contributed by atoms with E-state index in [0.29, 0.717) is 17.2 Å². The molecule has 6 heteroatoms. The van der Waals surface area contributed by atoms with Crippen molar-refractivity contribution >= 4 is 23.5 Å². The number of amides is 1. The summed E-state index contributed by atoms with van der Waals surface area (Å²) in [6, 6.07) is 13.8. The number of methoxy groups -OCH3 is 1. The van der Waals surface area contributed by atoms with Crippen molar-refractivity contribution in [2.24, 2.45) is 0 Å². The minimum absolute atomic E-state index is 0.204. The second kappa shape index (κ2) is 9.08. The van der Waals surface area contributed by atoms with Crippen molar-refractivity contribution in [3.8, 4) is 5.75 Å². The molecule has 2 rings (SSSR count). The Hall–Kier alpha value is -2.53. The SMILES string of the molecule is COC(=O)[C@H](Cc1ccccc1)NC(=O)COc1ccc(Cl)cc1C. The lowest BCUT2D eigenvalue weighted by molar-refractivity contribution is -0.145. The maximum atomic E-state index is 12.1. The van der Waals surface area contributed by atoms with E-state index in [1.165, 1.54) is 7.11 Å². The minimum Gasteiger partial charge on any atom is -0.484 e. The number of hydrogen-bond acceptors (Lipinski definition) is 4. The number of nitrogens with one attached hydrogen (secondary N) is 1. The van der Waals surface area contributed by atoms with Gasteiger partial charge in [0.1, 0.15) is 11.8 Å². The van der Waals surface area contributed by atoms with Gasteiger partial charge in [0.25, 0.3) is 5.91 Å².